The summed E-state index contributed by atoms with van der Waals surface area (Å²) in [5.74, 6) is -0.638. The molecule has 1 aromatic rings. The number of nitrogens with one attached hydrogen (secondary N) is 1. The number of carbonyl (C=O) groups excluding carboxylic acids is 1. The Kier molecular flexibility index (Phi) is 4.80. The van der Waals surface area contributed by atoms with Crippen molar-refractivity contribution < 1.29 is 18.3 Å². The van der Waals surface area contributed by atoms with E-state index < -0.39 is 23.6 Å². The maximum Gasteiger partial charge on any atom is 0.310 e. The number of alkyl halides is 3. The van der Waals surface area contributed by atoms with Crippen molar-refractivity contribution in [2.24, 2.45) is 0 Å². The number of aromatic amines is 1. The third kappa shape index (κ3) is 3.36. The predicted octanol–water partition coefficient (Wildman–Crippen LogP) is 1.92. The maximum absolute atomic E-state index is 12.7. The number of halogens is 3. The van der Waals surface area contributed by atoms with Crippen LogP contribution >= 0.6 is 15.9 Å². The van der Waals surface area contributed by atoms with Gasteiger partial charge in [-0.2, -0.15) is 0 Å². The average Bonchev–Trinajstić information content (AvgIpc) is 2.30. The number of esters is 1. The third-order valence-electron chi connectivity index (χ3n) is 2.19. The summed E-state index contributed by atoms with van der Waals surface area (Å²) in [5.41, 5.74) is -0.696. The van der Waals surface area contributed by atoms with E-state index in [2.05, 4.69) is 20.7 Å². The minimum atomic E-state index is -2.85. The molecule has 1 aromatic heterocycles. The number of rotatable bonds is 4. The number of carbonyl (C=O) groups is 1. The molecule has 1 rings (SSSR count). The Morgan fingerprint density at radius 3 is 2.71 bits per heavy atom. The van der Waals surface area contributed by atoms with E-state index in [1.165, 1.54) is 13.2 Å². The quantitative estimate of drug-likeness (QED) is 0.683. The van der Waals surface area contributed by atoms with E-state index in [4.69, 9.17) is 0 Å². The second-order valence-electron chi connectivity index (χ2n) is 3.24. The van der Waals surface area contributed by atoms with Crippen molar-refractivity contribution >= 4 is 21.9 Å². The van der Waals surface area contributed by atoms with Crippen molar-refractivity contribution in [3.63, 3.8) is 0 Å². The summed E-state index contributed by atoms with van der Waals surface area (Å²) in [4.78, 5) is 24.3. The molecule has 4 nitrogen and oxygen atoms in total. The SMILES string of the molecule is COC(=O)Cc1c(CBr)cc(=O)[nH]c1C(F)F. The van der Waals surface area contributed by atoms with Crippen LogP contribution in [-0.4, -0.2) is 18.1 Å². The van der Waals surface area contributed by atoms with Crippen LogP contribution < -0.4 is 5.56 Å². The number of methoxy groups -OCH3 is 1. The van der Waals surface area contributed by atoms with Gasteiger partial charge in [-0.05, 0) is 11.1 Å². The van der Waals surface area contributed by atoms with Crippen LogP contribution in [0.2, 0.25) is 0 Å². The summed E-state index contributed by atoms with van der Waals surface area (Å²) in [6.07, 6.45) is -3.14. The summed E-state index contributed by atoms with van der Waals surface area (Å²) >= 11 is 3.09. The highest BCUT2D eigenvalue weighted by molar-refractivity contribution is 9.08. The molecule has 0 unspecified atom stereocenters. The van der Waals surface area contributed by atoms with Gasteiger partial charge in [-0.15, -0.1) is 0 Å². The summed E-state index contributed by atoms with van der Waals surface area (Å²) in [7, 11) is 1.17. The van der Waals surface area contributed by atoms with Crippen LogP contribution in [0.15, 0.2) is 10.9 Å². The van der Waals surface area contributed by atoms with Gasteiger partial charge in [0.25, 0.3) is 6.43 Å². The van der Waals surface area contributed by atoms with E-state index in [0.717, 1.165) is 0 Å². The topological polar surface area (TPSA) is 59.2 Å². The van der Waals surface area contributed by atoms with E-state index in [-0.39, 0.29) is 17.3 Å². The molecule has 0 bridgehead atoms. The highest BCUT2D eigenvalue weighted by atomic mass is 79.9. The van der Waals surface area contributed by atoms with Gasteiger partial charge < -0.3 is 9.72 Å². The Balaban J connectivity index is 3.31. The zero-order chi connectivity index (χ0) is 13.0. The molecular weight excluding hydrogens is 300 g/mol. The molecular formula is C10H10BrF2NO3. The maximum atomic E-state index is 12.7. The highest BCUT2D eigenvalue weighted by Gasteiger charge is 2.20. The first-order chi connectivity index (χ1) is 7.99. The van der Waals surface area contributed by atoms with E-state index in [1.54, 1.807) is 0 Å². The van der Waals surface area contributed by atoms with Gasteiger partial charge >= 0.3 is 5.97 Å². The Morgan fingerprint density at radius 2 is 2.24 bits per heavy atom. The van der Waals surface area contributed by atoms with Crippen molar-refractivity contribution in [2.45, 2.75) is 18.2 Å². The standard InChI is InChI=1S/C10H10BrF2NO3/c1-17-8(16)3-6-5(4-11)2-7(15)14-9(6)10(12)13/h2,10H,3-4H2,1H3,(H,14,15). The van der Waals surface area contributed by atoms with Crippen molar-refractivity contribution in [1.29, 1.82) is 0 Å². The molecule has 0 radical (unpaired) electrons. The van der Waals surface area contributed by atoms with E-state index in [0.29, 0.717) is 5.56 Å². The number of aromatic nitrogens is 1. The Labute approximate surface area is 104 Å². The monoisotopic (exact) mass is 309 g/mol. The summed E-state index contributed by atoms with van der Waals surface area (Å²) < 4.78 is 29.9. The lowest BCUT2D eigenvalue weighted by Gasteiger charge is -2.11. The van der Waals surface area contributed by atoms with Crippen LogP contribution in [0.25, 0.3) is 0 Å². The first-order valence-electron chi connectivity index (χ1n) is 4.65. The molecule has 7 heteroatoms. The minimum Gasteiger partial charge on any atom is -0.469 e. The molecule has 0 amide bonds. The fraction of sp³-hybridized carbons (Fsp3) is 0.400. The number of H-pyrrole nitrogens is 1. The smallest absolute Gasteiger partial charge is 0.310 e. The number of pyridine rings is 1. The number of hydrogen-bond donors (Lipinski definition) is 1. The third-order valence-corrected chi connectivity index (χ3v) is 2.79. The molecule has 0 fully saturated rings. The minimum absolute atomic E-state index is 0.100. The summed E-state index contributed by atoms with van der Waals surface area (Å²) in [6.45, 7) is 0. The normalized spacial score (nSPS) is 10.6. The molecule has 0 spiro atoms. The average molecular weight is 310 g/mol. The largest absolute Gasteiger partial charge is 0.469 e. The number of hydrogen-bond acceptors (Lipinski definition) is 3. The molecule has 0 atom stereocenters. The van der Waals surface area contributed by atoms with Crippen LogP contribution in [0, 0.1) is 0 Å². The first kappa shape index (κ1) is 13.8. The molecule has 1 N–H and O–H groups in total. The summed E-state index contributed by atoms with van der Waals surface area (Å²) in [5, 5.41) is 0.211. The molecule has 1 heterocycles. The van der Waals surface area contributed by atoms with Crippen molar-refractivity contribution in [3.8, 4) is 0 Å². The lowest BCUT2D eigenvalue weighted by atomic mass is 10.0. The van der Waals surface area contributed by atoms with Crippen LogP contribution in [-0.2, 0) is 21.3 Å². The molecule has 94 valence electrons. The van der Waals surface area contributed by atoms with Gasteiger partial charge in [0.05, 0.1) is 19.2 Å². The zero-order valence-corrected chi connectivity index (χ0v) is 10.5. The molecule has 0 aliphatic rings. The van der Waals surface area contributed by atoms with Gasteiger partial charge in [0.1, 0.15) is 0 Å². The Morgan fingerprint density at radius 1 is 1.59 bits per heavy atom. The lowest BCUT2D eigenvalue weighted by molar-refractivity contribution is -0.139. The van der Waals surface area contributed by atoms with Crippen LogP contribution in [0.5, 0.6) is 0 Å². The Hall–Kier alpha value is -1.24. The second-order valence-corrected chi connectivity index (χ2v) is 3.80. The van der Waals surface area contributed by atoms with Crippen LogP contribution in [0.1, 0.15) is 23.2 Å². The second kappa shape index (κ2) is 5.90. The Bertz CT molecular complexity index is 473. The van der Waals surface area contributed by atoms with Gasteiger partial charge in [0, 0.05) is 11.4 Å². The van der Waals surface area contributed by atoms with Gasteiger partial charge in [-0.1, -0.05) is 15.9 Å². The first-order valence-corrected chi connectivity index (χ1v) is 5.77. The highest BCUT2D eigenvalue weighted by Crippen LogP contribution is 2.24. The molecule has 0 saturated heterocycles. The molecule has 0 aliphatic heterocycles. The van der Waals surface area contributed by atoms with Gasteiger partial charge in [0.2, 0.25) is 5.56 Å². The molecule has 0 aliphatic carbocycles. The predicted molar refractivity (Wildman–Crippen MR) is 60.4 cm³/mol. The van der Waals surface area contributed by atoms with Crippen molar-refractivity contribution in [3.05, 3.63) is 33.2 Å². The fourth-order valence-corrected chi connectivity index (χ4v) is 1.89. The fourth-order valence-electron chi connectivity index (χ4n) is 1.39. The molecule has 17 heavy (non-hydrogen) atoms. The van der Waals surface area contributed by atoms with Crippen LogP contribution in [0.4, 0.5) is 8.78 Å². The summed E-state index contributed by atoms with van der Waals surface area (Å²) in [6, 6.07) is 1.18. The molecule has 0 aromatic carbocycles. The van der Waals surface area contributed by atoms with Gasteiger partial charge in [-0.3, -0.25) is 9.59 Å². The van der Waals surface area contributed by atoms with Gasteiger partial charge in [0.15, 0.2) is 0 Å². The van der Waals surface area contributed by atoms with E-state index in [1.807, 2.05) is 4.98 Å². The lowest BCUT2D eigenvalue weighted by Crippen LogP contribution is -2.17. The zero-order valence-electron chi connectivity index (χ0n) is 8.93. The van der Waals surface area contributed by atoms with Crippen molar-refractivity contribution in [2.75, 3.05) is 7.11 Å². The number of ether oxygens (including phenoxy) is 1. The van der Waals surface area contributed by atoms with Crippen LogP contribution in [0.3, 0.4) is 0 Å². The molecule has 0 saturated carbocycles. The van der Waals surface area contributed by atoms with E-state index >= 15 is 0 Å². The van der Waals surface area contributed by atoms with Crippen molar-refractivity contribution in [1.82, 2.24) is 4.98 Å². The van der Waals surface area contributed by atoms with E-state index in [9.17, 15) is 18.4 Å². The van der Waals surface area contributed by atoms with Gasteiger partial charge in [-0.25, -0.2) is 8.78 Å².